The standard InChI is InChI=1S/C19H32N2/c1-4-7-13-21-15-18(14-17-11-9-8-10-12-17)20-16-19(21,5-2)6-3/h8-12,18,20H,4-7,13-16H2,1-3H3. The van der Waals surface area contributed by atoms with Gasteiger partial charge in [0.2, 0.25) is 0 Å². The minimum Gasteiger partial charge on any atom is -0.311 e. The Kier molecular flexibility index (Phi) is 6.25. The highest BCUT2D eigenvalue weighted by atomic mass is 15.3. The Bertz CT molecular complexity index is 397. The molecule has 2 rings (SSSR count). The molecule has 0 aromatic heterocycles. The average molecular weight is 288 g/mol. The smallest absolute Gasteiger partial charge is 0.0329 e. The van der Waals surface area contributed by atoms with Crippen LogP contribution < -0.4 is 5.32 Å². The van der Waals surface area contributed by atoms with Crippen LogP contribution in [0.2, 0.25) is 0 Å². The lowest BCUT2D eigenvalue weighted by atomic mass is 9.86. The lowest BCUT2D eigenvalue weighted by molar-refractivity contribution is 0.0306. The Morgan fingerprint density at radius 2 is 1.86 bits per heavy atom. The normalized spacial score (nSPS) is 22.3. The van der Waals surface area contributed by atoms with Gasteiger partial charge in [0.15, 0.2) is 0 Å². The molecule has 118 valence electrons. The van der Waals surface area contributed by atoms with E-state index in [0.29, 0.717) is 11.6 Å². The molecule has 1 atom stereocenters. The molecule has 0 radical (unpaired) electrons. The Labute approximate surface area is 130 Å². The number of hydrogen-bond donors (Lipinski definition) is 1. The van der Waals surface area contributed by atoms with Crippen molar-refractivity contribution in [2.45, 2.75) is 64.5 Å². The maximum absolute atomic E-state index is 3.83. The summed E-state index contributed by atoms with van der Waals surface area (Å²) in [4.78, 5) is 2.78. The van der Waals surface area contributed by atoms with Crippen molar-refractivity contribution in [2.24, 2.45) is 0 Å². The first-order valence-electron chi connectivity index (χ1n) is 8.76. The maximum Gasteiger partial charge on any atom is 0.0329 e. The summed E-state index contributed by atoms with van der Waals surface area (Å²) in [6.45, 7) is 10.6. The van der Waals surface area contributed by atoms with E-state index in [1.807, 2.05) is 0 Å². The largest absolute Gasteiger partial charge is 0.311 e. The van der Waals surface area contributed by atoms with Crippen LogP contribution in [0.4, 0.5) is 0 Å². The van der Waals surface area contributed by atoms with Crippen LogP contribution in [0.5, 0.6) is 0 Å². The van der Waals surface area contributed by atoms with Crippen molar-refractivity contribution in [3.8, 4) is 0 Å². The van der Waals surface area contributed by atoms with Gasteiger partial charge in [-0.1, -0.05) is 57.5 Å². The van der Waals surface area contributed by atoms with Gasteiger partial charge in [-0.3, -0.25) is 4.90 Å². The molecule has 1 aromatic carbocycles. The number of unbranched alkanes of at least 4 members (excludes halogenated alkanes) is 1. The van der Waals surface area contributed by atoms with Crippen LogP contribution in [-0.2, 0) is 6.42 Å². The van der Waals surface area contributed by atoms with Gasteiger partial charge >= 0.3 is 0 Å². The highest BCUT2D eigenvalue weighted by Gasteiger charge is 2.38. The van der Waals surface area contributed by atoms with E-state index in [4.69, 9.17) is 0 Å². The molecule has 1 aliphatic rings. The van der Waals surface area contributed by atoms with Crippen molar-refractivity contribution in [3.63, 3.8) is 0 Å². The molecule has 0 spiro atoms. The van der Waals surface area contributed by atoms with Crippen molar-refractivity contribution in [1.82, 2.24) is 10.2 Å². The quantitative estimate of drug-likeness (QED) is 0.819. The Balaban J connectivity index is 2.02. The zero-order valence-electron chi connectivity index (χ0n) is 14.1. The number of nitrogens with zero attached hydrogens (tertiary/aromatic N) is 1. The molecule has 1 aromatic rings. The summed E-state index contributed by atoms with van der Waals surface area (Å²) in [7, 11) is 0. The fourth-order valence-corrected chi connectivity index (χ4v) is 3.63. The van der Waals surface area contributed by atoms with E-state index in [1.54, 1.807) is 0 Å². The molecule has 1 N–H and O–H groups in total. The third-order valence-electron chi connectivity index (χ3n) is 5.25. The van der Waals surface area contributed by atoms with Crippen LogP contribution in [0.3, 0.4) is 0 Å². The lowest BCUT2D eigenvalue weighted by Gasteiger charge is -2.50. The van der Waals surface area contributed by atoms with Gasteiger partial charge in [-0.05, 0) is 37.8 Å². The summed E-state index contributed by atoms with van der Waals surface area (Å²) in [5.74, 6) is 0. The average Bonchev–Trinajstić information content (AvgIpc) is 2.54. The number of nitrogens with one attached hydrogen (secondary N) is 1. The fourth-order valence-electron chi connectivity index (χ4n) is 3.63. The van der Waals surface area contributed by atoms with Crippen molar-refractivity contribution >= 4 is 0 Å². The molecule has 1 unspecified atom stereocenters. The zero-order valence-corrected chi connectivity index (χ0v) is 14.1. The second-order valence-corrected chi connectivity index (χ2v) is 6.50. The Morgan fingerprint density at radius 1 is 1.14 bits per heavy atom. The van der Waals surface area contributed by atoms with Crippen molar-refractivity contribution in [3.05, 3.63) is 35.9 Å². The third kappa shape index (κ3) is 4.08. The van der Waals surface area contributed by atoms with Crippen LogP contribution in [0.15, 0.2) is 30.3 Å². The predicted octanol–water partition coefficient (Wildman–Crippen LogP) is 3.86. The number of piperazine rings is 1. The van der Waals surface area contributed by atoms with Gasteiger partial charge in [0.25, 0.3) is 0 Å². The lowest BCUT2D eigenvalue weighted by Crippen LogP contribution is -2.64. The number of rotatable bonds is 7. The molecule has 1 fully saturated rings. The molecule has 0 aliphatic carbocycles. The first-order valence-corrected chi connectivity index (χ1v) is 8.76. The van der Waals surface area contributed by atoms with Gasteiger partial charge in [-0.2, -0.15) is 0 Å². The molecule has 21 heavy (non-hydrogen) atoms. The minimum atomic E-state index is 0.377. The van der Waals surface area contributed by atoms with E-state index in [9.17, 15) is 0 Å². The van der Waals surface area contributed by atoms with Crippen molar-refractivity contribution < 1.29 is 0 Å². The van der Waals surface area contributed by atoms with E-state index in [0.717, 1.165) is 13.0 Å². The summed E-state index contributed by atoms with van der Waals surface area (Å²) >= 11 is 0. The molecule has 0 bridgehead atoms. The van der Waals surface area contributed by atoms with Crippen LogP contribution in [0.25, 0.3) is 0 Å². The molecule has 1 heterocycles. The van der Waals surface area contributed by atoms with Gasteiger partial charge < -0.3 is 5.32 Å². The fraction of sp³-hybridized carbons (Fsp3) is 0.684. The van der Waals surface area contributed by atoms with Crippen LogP contribution in [-0.4, -0.2) is 36.1 Å². The highest BCUT2D eigenvalue weighted by molar-refractivity contribution is 5.16. The van der Waals surface area contributed by atoms with Crippen LogP contribution >= 0.6 is 0 Å². The summed E-state index contributed by atoms with van der Waals surface area (Å²) in [5, 5.41) is 3.83. The monoisotopic (exact) mass is 288 g/mol. The van der Waals surface area contributed by atoms with E-state index in [2.05, 4.69) is 61.3 Å². The molecular formula is C19H32N2. The molecule has 2 heteroatoms. The van der Waals surface area contributed by atoms with E-state index < -0.39 is 0 Å². The van der Waals surface area contributed by atoms with E-state index in [1.165, 1.54) is 44.3 Å². The first kappa shape index (κ1) is 16.5. The Hall–Kier alpha value is -0.860. The molecule has 1 saturated heterocycles. The van der Waals surface area contributed by atoms with Crippen molar-refractivity contribution in [2.75, 3.05) is 19.6 Å². The second kappa shape index (κ2) is 7.95. The molecular weight excluding hydrogens is 256 g/mol. The summed E-state index contributed by atoms with van der Waals surface area (Å²) in [6, 6.07) is 11.5. The summed E-state index contributed by atoms with van der Waals surface area (Å²) in [6.07, 6.45) is 6.25. The molecule has 1 aliphatic heterocycles. The van der Waals surface area contributed by atoms with E-state index in [-0.39, 0.29) is 0 Å². The molecule has 0 amide bonds. The number of benzene rings is 1. The van der Waals surface area contributed by atoms with Crippen LogP contribution in [0.1, 0.15) is 52.0 Å². The van der Waals surface area contributed by atoms with Gasteiger partial charge in [-0.15, -0.1) is 0 Å². The van der Waals surface area contributed by atoms with E-state index >= 15 is 0 Å². The van der Waals surface area contributed by atoms with Gasteiger partial charge in [0, 0.05) is 24.7 Å². The van der Waals surface area contributed by atoms with Crippen LogP contribution in [0, 0.1) is 0 Å². The molecule has 2 nitrogen and oxygen atoms in total. The van der Waals surface area contributed by atoms with Crippen molar-refractivity contribution in [1.29, 1.82) is 0 Å². The first-order chi connectivity index (χ1) is 10.2. The Morgan fingerprint density at radius 3 is 2.48 bits per heavy atom. The third-order valence-corrected chi connectivity index (χ3v) is 5.25. The predicted molar refractivity (Wildman–Crippen MR) is 91.7 cm³/mol. The SMILES string of the molecule is CCCCN1CC(Cc2ccccc2)NCC1(CC)CC. The maximum atomic E-state index is 3.83. The highest BCUT2D eigenvalue weighted by Crippen LogP contribution is 2.28. The second-order valence-electron chi connectivity index (χ2n) is 6.50. The zero-order chi connectivity index (χ0) is 15.1. The molecule has 0 saturated carbocycles. The number of hydrogen-bond acceptors (Lipinski definition) is 2. The topological polar surface area (TPSA) is 15.3 Å². The van der Waals surface area contributed by atoms with Gasteiger partial charge in [0.05, 0.1) is 0 Å². The summed E-state index contributed by atoms with van der Waals surface area (Å²) in [5.41, 5.74) is 1.83. The summed E-state index contributed by atoms with van der Waals surface area (Å²) < 4.78 is 0. The minimum absolute atomic E-state index is 0.377. The van der Waals surface area contributed by atoms with Gasteiger partial charge in [-0.25, -0.2) is 0 Å². The van der Waals surface area contributed by atoms with Gasteiger partial charge in [0.1, 0.15) is 0 Å².